The highest BCUT2D eigenvalue weighted by Gasteiger charge is 2.26. The van der Waals surface area contributed by atoms with Crippen LogP contribution in [0, 0.1) is 0 Å². The van der Waals surface area contributed by atoms with Crippen molar-refractivity contribution in [1.82, 2.24) is 24.1 Å². The van der Waals surface area contributed by atoms with Crippen LogP contribution in [0.2, 0.25) is 0 Å². The van der Waals surface area contributed by atoms with Gasteiger partial charge in [-0.3, -0.25) is 0 Å². The van der Waals surface area contributed by atoms with Crippen LogP contribution < -0.4 is 0 Å². The van der Waals surface area contributed by atoms with E-state index in [-0.39, 0.29) is 0 Å². The number of para-hydroxylation sites is 2. The molecular weight excluding hydrogens is 843 g/mol. The fourth-order valence-corrected chi connectivity index (χ4v) is 10.8. The molecule has 0 amide bonds. The number of furan rings is 1. The number of rotatable bonds is 5. The zero-order valence-electron chi connectivity index (χ0n) is 37.0. The summed E-state index contributed by atoms with van der Waals surface area (Å²) in [5.41, 5.74) is 10.5. The van der Waals surface area contributed by atoms with E-state index in [1.54, 1.807) is 0 Å². The molecule has 320 valence electrons. The second-order valence-electron chi connectivity index (χ2n) is 18.0. The molecule has 0 bridgehead atoms. The number of hydrogen-bond donors (Lipinski definition) is 0. The van der Waals surface area contributed by atoms with Gasteiger partial charge in [0.1, 0.15) is 11.3 Å². The Kier molecular flexibility index (Phi) is 7.97. The van der Waals surface area contributed by atoms with Gasteiger partial charge in [-0.2, -0.15) is 0 Å². The maximum atomic E-state index is 7.22. The van der Waals surface area contributed by atoms with E-state index in [1.807, 2.05) is 18.2 Å². The van der Waals surface area contributed by atoms with Crippen molar-refractivity contribution in [3.8, 4) is 45.5 Å². The van der Waals surface area contributed by atoms with Crippen LogP contribution in [0.3, 0.4) is 0 Å². The van der Waals surface area contributed by atoms with Gasteiger partial charge in [0.05, 0.1) is 22.1 Å². The topological polar surface area (TPSA) is 61.7 Å². The van der Waals surface area contributed by atoms with Crippen molar-refractivity contribution < 1.29 is 4.42 Å². The Bertz CT molecular complexity index is 4510. The third kappa shape index (κ3) is 5.76. The molecule has 0 aliphatic heterocycles. The van der Waals surface area contributed by atoms with Crippen molar-refractivity contribution in [2.45, 2.75) is 0 Å². The van der Waals surface area contributed by atoms with Gasteiger partial charge in [0, 0.05) is 54.7 Å². The highest BCUT2D eigenvalue weighted by Crippen LogP contribution is 2.45. The maximum absolute atomic E-state index is 7.22. The highest BCUT2D eigenvalue weighted by atomic mass is 16.3. The lowest BCUT2D eigenvalue weighted by Gasteiger charge is -2.16. The van der Waals surface area contributed by atoms with Crippen LogP contribution in [0.4, 0.5) is 0 Å². The van der Waals surface area contributed by atoms with Gasteiger partial charge in [-0.1, -0.05) is 152 Å². The third-order valence-electron chi connectivity index (χ3n) is 14.1. The van der Waals surface area contributed by atoms with Gasteiger partial charge in [0.25, 0.3) is 0 Å². The van der Waals surface area contributed by atoms with E-state index in [0.29, 0.717) is 17.5 Å². The smallest absolute Gasteiger partial charge is 0.166 e. The molecule has 0 fully saturated rings. The number of fused-ring (bicyclic) bond motifs is 12. The molecule has 0 N–H and O–H groups in total. The Hall–Kier alpha value is -9.39. The maximum Gasteiger partial charge on any atom is 0.166 e. The standard InChI is InChI=1S/C63H37N5O/c1-3-15-38(16-4-1)61-64-62(45-27-28-48-47-25-13-14-26-54(47)67(55(48)36-45)46-23-5-2-6-24-46)66-63(65-61)50-30-29-49-53-33-41-19-9-12-22-44(41)37-58(53)69-60(49)59(50)68-56-34-42-20-10-7-17-39(42)31-51(56)52-32-40-18-8-11-21-43(40)35-57(52)68/h1-37H. The molecule has 4 heterocycles. The summed E-state index contributed by atoms with van der Waals surface area (Å²) in [4.78, 5) is 16.2. The third-order valence-corrected chi connectivity index (χ3v) is 14.1. The fourth-order valence-electron chi connectivity index (χ4n) is 10.8. The summed E-state index contributed by atoms with van der Waals surface area (Å²) in [6, 6.07) is 79.8. The molecular formula is C63H37N5O. The van der Waals surface area contributed by atoms with Crippen molar-refractivity contribution in [2.24, 2.45) is 0 Å². The average Bonchev–Trinajstić information content (AvgIpc) is 4.05. The first-order valence-corrected chi connectivity index (χ1v) is 23.3. The Morgan fingerprint density at radius 1 is 0.304 bits per heavy atom. The highest BCUT2D eigenvalue weighted by molar-refractivity contribution is 6.20. The second-order valence-corrected chi connectivity index (χ2v) is 18.0. The molecule has 0 radical (unpaired) electrons. The van der Waals surface area contributed by atoms with Gasteiger partial charge in [0.15, 0.2) is 23.1 Å². The molecule has 69 heavy (non-hydrogen) atoms. The zero-order chi connectivity index (χ0) is 45.2. The van der Waals surface area contributed by atoms with Crippen molar-refractivity contribution in [2.75, 3.05) is 0 Å². The Labute approximate surface area is 394 Å². The molecule has 11 aromatic carbocycles. The predicted molar refractivity (Wildman–Crippen MR) is 285 cm³/mol. The minimum absolute atomic E-state index is 0.543. The summed E-state index contributed by atoms with van der Waals surface area (Å²) in [7, 11) is 0. The summed E-state index contributed by atoms with van der Waals surface area (Å²) in [6.07, 6.45) is 0. The Morgan fingerprint density at radius 2 is 0.797 bits per heavy atom. The van der Waals surface area contributed by atoms with E-state index in [4.69, 9.17) is 19.4 Å². The number of hydrogen-bond acceptors (Lipinski definition) is 4. The van der Waals surface area contributed by atoms with E-state index < -0.39 is 0 Å². The molecule has 0 saturated heterocycles. The first-order chi connectivity index (χ1) is 34.2. The predicted octanol–water partition coefficient (Wildman–Crippen LogP) is 16.4. The Morgan fingerprint density at radius 3 is 1.46 bits per heavy atom. The van der Waals surface area contributed by atoms with Crippen LogP contribution in [0.25, 0.3) is 143 Å². The molecule has 6 heteroatoms. The fraction of sp³-hybridized carbons (Fsp3) is 0. The van der Waals surface area contributed by atoms with E-state index in [0.717, 1.165) is 110 Å². The summed E-state index contributed by atoms with van der Waals surface area (Å²) in [5.74, 6) is 1.70. The van der Waals surface area contributed by atoms with Crippen LogP contribution >= 0.6 is 0 Å². The first-order valence-electron chi connectivity index (χ1n) is 23.3. The van der Waals surface area contributed by atoms with E-state index in [1.165, 1.54) is 16.2 Å². The van der Waals surface area contributed by atoms with Crippen LogP contribution in [0.5, 0.6) is 0 Å². The Balaban J connectivity index is 1.07. The van der Waals surface area contributed by atoms with Crippen LogP contribution in [-0.4, -0.2) is 24.1 Å². The van der Waals surface area contributed by atoms with Gasteiger partial charge in [-0.15, -0.1) is 0 Å². The molecule has 0 saturated carbocycles. The molecule has 15 aromatic rings. The minimum Gasteiger partial charge on any atom is -0.454 e. The van der Waals surface area contributed by atoms with E-state index in [9.17, 15) is 0 Å². The molecule has 0 aliphatic rings. The largest absolute Gasteiger partial charge is 0.454 e. The van der Waals surface area contributed by atoms with Crippen molar-refractivity contribution in [3.05, 3.63) is 224 Å². The summed E-state index contributed by atoms with van der Waals surface area (Å²) >= 11 is 0. The number of aromatic nitrogens is 5. The summed E-state index contributed by atoms with van der Waals surface area (Å²) in [6.45, 7) is 0. The lowest BCUT2D eigenvalue weighted by molar-refractivity contribution is 0.667. The average molecular weight is 880 g/mol. The van der Waals surface area contributed by atoms with Gasteiger partial charge in [0.2, 0.25) is 0 Å². The first kappa shape index (κ1) is 37.8. The molecule has 6 nitrogen and oxygen atoms in total. The summed E-state index contributed by atoms with van der Waals surface area (Å²) in [5, 5.41) is 13.7. The van der Waals surface area contributed by atoms with Crippen molar-refractivity contribution >= 4 is 97.9 Å². The molecule has 4 aromatic heterocycles. The van der Waals surface area contributed by atoms with Gasteiger partial charge in [-0.25, -0.2) is 15.0 Å². The van der Waals surface area contributed by atoms with Crippen LogP contribution in [0.15, 0.2) is 229 Å². The minimum atomic E-state index is 0.543. The summed E-state index contributed by atoms with van der Waals surface area (Å²) < 4.78 is 12.0. The lowest BCUT2D eigenvalue weighted by atomic mass is 10.0. The lowest BCUT2D eigenvalue weighted by Crippen LogP contribution is -2.04. The van der Waals surface area contributed by atoms with Crippen LogP contribution in [0.1, 0.15) is 0 Å². The number of nitrogens with zero attached hydrogens (tertiary/aromatic N) is 5. The van der Waals surface area contributed by atoms with E-state index >= 15 is 0 Å². The van der Waals surface area contributed by atoms with Gasteiger partial charge in [-0.05, 0) is 105 Å². The molecule has 0 aliphatic carbocycles. The normalized spacial score (nSPS) is 12.1. The van der Waals surface area contributed by atoms with Gasteiger partial charge >= 0.3 is 0 Å². The SMILES string of the molecule is c1ccc(-c2nc(-c3ccc4c5ccccc5n(-c5ccccc5)c4c3)nc(-c3ccc4c(oc5cc6ccccc6cc54)c3-n3c4cc5ccccc5cc4c4cc5ccccc5cc43)n2)cc1. The second kappa shape index (κ2) is 14.6. The molecule has 15 rings (SSSR count). The van der Waals surface area contributed by atoms with Crippen molar-refractivity contribution in [1.29, 1.82) is 0 Å². The quantitative estimate of drug-likeness (QED) is 0.173. The van der Waals surface area contributed by atoms with Crippen LogP contribution in [-0.2, 0) is 0 Å². The molecule has 0 spiro atoms. The van der Waals surface area contributed by atoms with E-state index in [2.05, 4.69) is 215 Å². The molecule has 0 atom stereocenters. The molecule has 0 unspecified atom stereocenters. The van der Waals surface area contributed by atoms with Gasteiger partial charge < -0.3 is 13.6 Å². The number of benzene rings is 11. The monoisotopic (exact) mass is 879 g/mol. The zero-order valence-corrected chi connectivity index (χ0v) is 37.0. The van der Waals surface area contributed by atoms with Crippen molar-refractivity contribution in [3.63, 3.8) is 0 Å².